The van der Waals surface area contributed by atoms with Crippen molar-refractivity contribution in [2.75, 3.05) is 33.8 Å². The van der Waals surface area contributed by atoms with Gasteiger partial charge in [-0.15, -0.1) is 5.10 Å². The molecule has 2 aromatic heterocycles. The van der Waals surface area contributed by atoms with E-state index in [1.165, 1.54) is 4.31 Å². The second-order valence-corrected chi connectivity index (χ2v) is 11.1. The molecule has 1 aromatic carbocycles. The molecular formula is C24H34N6O4S. The van der Waals surface area contributed by atoms with E-state index in [0.717, 1.165) is 19.3 Å². The quantitative estimate of drug-likeness (QED) is 0.503. The fourth-order valence-electron chi connectivity index (χ4n) is 4.63. The van der Waals surface area contributed by atoms with Crippen molar-refractivity contribution in [3.8, 4) is 17.1 Å². The molecule has 0 spiro atoms. The van der Waals surface area contributed by atoms with Crippen LogP contribution in [0, 0.1) is 6.92 Å². The Kier molecular flexibility index (Phi) is 7.30. The van der Waals surface area contributed by atoms with E-state index in [1.54, 1.807) is 29.6 Å². The summed E-state index contributed by atoms with van der Waals surface area (Å²) in [6.07, 6.45) is 3.08. The van der Waals surface area contributed by atoms with Crippen molar-refractivity contribution >= 4 is 15.5 Å². The van der Waals surface area contributed by atoms with Gasteiger partial charge in [0.25, 0.3) is 5.56 Å². The van der Waals surface area contributed by atoms with Crippen LogP contribution in [0.25, 0.3) is 16.9 Å². The fourth-order valence-corrected chi connectivity index (χ4v) is 6.12. The molecule has 0 aliphatic carbocycles. The van der Waals surface area contributed by atoms with Gasteiger partial charge in [-0.2, -0.15) is 4.31 Å². The van der Waals surface area contributed by atoms with E-state index in [2.05, 4.69) is 20.0 Å². The number of H-pyrrole nitrogens is 1. The molecule has 1 aliphatic rings. The maximum Gasteiger partial charge on any atom is 0.277 e. The summed E-state index contributed by atoms with van der Waals surface area (Å²) in [5, 5.41) is 4.66. The minimum absolute atomic E-state index is 0.151. The fraction of sp³-hybridized carbons (Fsp3) is 0.542. The van der Waals surface area contributed by atoms with Crippen molar-refractivity contribution in [1.29, 1.82) is 0 Å². The molecule has 0 saturated carbocycles. The van der Waals surface area contributed by atoms with Crippen LogP contribution < -0.4 is 10.3 Å². The monoisotopic (exact) mass is 502 g/mol. The molecule has 0 bridgehead atoms. The minimum atomic E-state index is -3.72. The third kappa shape index (κ3) is 4.85. The molecule has 190 valence electrons. The van der Waals surface area contributed by atoms with E-state index in [1.807, 2.05) is 27.9 Å². The second kappa shape index (κ2) is 10.1. The number of fused-ring (bicyclic) bond motifs is 1. The number of aromatic nitrogens is 4. The highest BCUT2D eigenvalue weighted by Gasteiger charge is 2.31. The molecule has 1 aliphatic heterocycles. The summed E-state index contributed by atoms with van der Waals surface area (Å²) in [4.78, 5) is 22.6. The van der Waals surface area contributed by atoms with Gasteiger partial charge in [-0.3, -0.25) is 4.79 Å². The van der Waals surface area contributed by atoms with Crippen LogP contribution in [0.4, 0.5) is 0 Å². The minimum Gasteiger partial charge on any atom is -0.493 e. The van der Waals surface area contributed by atoms with Gasteiger partial charge in [0, 0.05) is 25.6 Å². The van der Waals surface area contributed by atoms with E-state index in [9.17, 15) is 13.2 Å². The lowest BCUT2D eigenvalue weighted by Crippen LogP contribution is -2.44. The van der Waals surface area contributed by atoms with Crippen LogP contribution >= 0.6 is 0 Å². The van der Waals surface area contributed by atoms with Crippen LogP contribution in [0.5, 0.6) is 5.75 Å². The number of piperidine rings is 1. The number of aryl methyl sites for hydroxylation is 2. The first-order valence-electron chi connectivity index (χ1n) is 12.1. The number of aromatic amines is 1. The zero-order valence-corrected chi connectivity index (χ0v) is 21.9. The van der Waals surface area contributed by atoms with Crippen molar-refractivity contribution in [2.24, 2.45) is 0 Å². The number of nitrogens with one attached hydrogen (secondary N) is 1. The standard InChI is InChI=1S/C24H34N6O4S/c1-6-8-21-25-16(3)22-24(31)26-23(27-30(21)22)19-15-18(9-10-20(19)34-7-2)35(32,33)29-13-11-17(12-14-29)28(4)5/h9-10,15,17H,6-8,11-14H2,1-5H3,(H,26,27,31). The summed E-state index contributed by atoms with van der Waals surface area (Å²) in [6, 6.07) is 5.11. The van der Waals surface area contributed by atoms with Crippen LogP contribution in [0.1, 0.15) is 44.6 Å². The highest BCUT2D eigenvalue weighted by Crippen LogP contribution is 2.32. The van der Waals surface area contributed by atoms with Gasteiger partial charge < -0.3 is 14.6 Å². The summed E-state index contributed by atoms with van der Waals surface area (Å²) in [5.74, 6) is 1.39. The average molecular weight is 503 g/mol. The molecule has 35 heavy (non-hydrogen) atoms. The van der Waals surface area contributed by atoms with E-state index in [0.29, 0.717) is 60.5 Å². The lowest BCUT2D eigenvalue weighted by atomic mass is 10.1. The molecular weight excluding hydrogens is 468 g/mol. The number of imidazole rings is 1. The molecule has 1 fully saturated rings. The largest absolute Gasteiger partial charge is 0.493 e. The first-order valence-corrected chi connectivity index (χ1v) is 13.5. The number of hydrogen-bond donors (Lipinski definition) is 1. The number of hydrogen-bond acceptors (Lipinski definition) is 7. The Hall–Kier alpha value is -2.76. The van der Waals surface area contributed by atoms with Crippen molar-refractivity contribution in [3.63, 3.8) is 0 Å². The van der Waals surface area contributed by atoms with Gasteiger partial charge in [0.2, 0.25) is 10.0 Å². The Labute approximate surface area is 206 Å². The summed E-state index contributed by atoms with van der Waals surface area (Å²) in [6.45, 7) is 6.97. The predicted molar refractivity (Wildman–Crippen MR) is 134 cm³/mol. The van der Waals surface area contributed by atoms with Crippen molar-refractivity contribution in [3.05, 3.63) is 40.1 Å². The predicted octanol–water partition coefficient (Wildman–Crippen LogP) is 2.46. The lowest BCUT2D eigenvalue weighted by molar-refractivity contribution is 0.196. The van der Waals surface area contributed by atoms with Gasteiger partial charge in [-0.25, -0.2) is 17.9 Å². The van der Waals surface area contributed by atoms with Crippen LogP contribution in [0.3, 0.4) is 0 Å². The zero-order valence-electron chi connectivity index (χ0n) is 21.0. The van der Waals surface area contributed by atoms with E-state index >= 15 is 0 Å². The first kappa shape index (κ1) is 25.3. The van der Waals surface area contributed by atoms with Gasteiger partial charge in [-0.05, 0) is 65.4 Å². The maximum absolute atomic E-state index is 13.5. The number of nitrogens with zero attached hydrogens (tertiary/aromatic N) is 5. The molecule has 3 heterocycles. The molecule has 4 rings (SSSR count). The third-order valence-electron chi connectivity index (χ3n) is 6.51. The molecule has 11 heteroatoms. The van der Waals surface area contributed by atoms with Crippen molar-refractivity contribution in [1.82, 2.24) is 28.8 Å². The Morgan fingerprint density at radius 2 is 1.91 bits per heavy atom. The van der Waals surface area contributed by atoms with Gasteiger partial charge in [0.1, 0.15) is 11.6 Å². The highest BCUT2D eigenvalue weighted by atomic mass is 32.2. The molecule has 1 N–H and O–H groups in total. The highest BCUT2D eigenvalue weighted by molar-refractivity contribution is 7.89. The summed E-state index contributed by atoms with van der Waals surface area (Å²) >= 11 is 0. The van der Waals surface area contributed by atoms with Crippen molar-refractivity contribution < 1.29 is 13.2 Å². The number of rotatable bonds is 8. The van der Waals surface area contributed by atoms with Crippen LogP contribution in [0.15, 0.2) is 27.9 Å². The number of sulfonamides is 1. The SMILES string of the molecule is CCCc1nc(C)c2c(=O)[nH]c(-c3cc(S(=O)(=O)N4CCC(N(C)C)CC4)ccc3OCC)nn12. The van der Waals surface area contributed by atoms with Gasteiger partial charge in [0.05, 0.1) is 22.8 Å². The zero-order chi connectivity index (χ0) is 25.3. The van der Waals surface area contributed by atoms with Crippen LogP contribution in [-0.2, 0) is 16.4 Å². The lowest BCUT2D eigenvalue weighted by Gasteiger charge is -2.34. The molecule has 1 saturated heterocycles. The Morgan fingerprint density at radius 3 is 2.54 bits per heavy atom. The molecule has 0 radical (unpaired) electrons. The smallest absolute Gasteiger partial charge is 0.277 e. The van der Waals surface area contributed by atoms with Gasteiger partial charge in [0.15, 0.2) is 11.3 Å². The number of benzene rings is 1. The topological polar surface area (TPSA) is 113 Å². The van der Waals surface area contributed by atoms with Crippen LogP contribution in [-0.4, -0.2) is 77.0 Å². The maximum atomic E-state index is 13.5. The van der Waals surface area contributed by atoms with Crippen molar-refractivity contribution in [2.45, 2.75) is 57.4 Å². The Bertz CT molecular complexity index is 1370. The molecule has 3 aromatic rings. The van der Waals surface area contributed by atoms with E-state index < -0.39 is 10.0 Å². The molecule has 10 nitrogen and oxygen atoms in total. The Balaban J connectivity index is 1.79. The van der Waals surface area contributed by atoms with Gasteiger partial charge >= 0.3 is 0 Å². The second-order valence-electron chi connectivity index (χ2n) is 9.12. The molecule has 0 amide bonds. The third-order valence-corrected chi connectivity index (χ3v) is 8.41. The first-order chi connectivity index (χ1) is 16.7. The summed E-state index contributed by atoms with van der Waals surface area (Å²) in [5.41, 5.74) is 1.09. The normalized spacial score (nSPS) is 15.8. The van der Waals surface area contributed by atoms with E-state index in [4.69, 9.17) is 4.74 Å². The molecule has 0 unspecified atom stereocenters. The van der Waals surface area contributed by atoms with E-state index in [-0.39, 0.29) is 16.3 Å². The van der Waals surface area contributed by atoms with Gasteiger partial charge in [-0.1, -0.05) is 6.92 Å². The van der Waals surface area contributed by atoms with Crippen LogP contribution in [0.2, 0.25) is 0 Å². The molecule has 0 atom stereocenters. The summed E-state index contributed by atoms with van der Waals surface area (Å²) < 4.78 is 35.9. The number of ether oxygens (including phenoxy) is 1. The average Bonchev–Trinajstić information content (AvgIpc) is 3.15. The summed E-state index contributed by atoms with van der Waals surface area (Å²) in [7, 11) is 0.321. The Morgan fingerprint density at radius 1 is 1.20 bits per heavy atom.